The first-order valence-electron chi connectivity index (χ1n) is 14.0. The largest absolute Gasteiger partial charge is 0.455 e. The van der Waals surface area contributed by atoms with Gasteiger partial charge in [-0.2, -0.15) is 0 Å². The van der Waals surface area contributed by atoms with Crippen molar-refractivity contribution in [2.24, 2.45) is 11.3 Å². The predicted octanol–water partition coefficient (Wildman–Crippen LogP) is 7.64. The summed E-state index contributed by atoms with van der Waals surface area (Å²) in [6.45, 7) is 1.75. The number of hydrogen-bond acceptors (Lipinski definition) is 4. The maximum Gasteiger partial charge on any atom is 0.226 e. The molecule has 3 aromatic carbocycles. The number of carbonyl (C=O) groups excluding carboxylic acids is 3. The monoisotopic (exact) mass is 555 g/mol. The van der Waals surface area contributed by atoms with Crippen molar-refractivity contribution in [2.45, 2.75) is 45.4 Å². The van der Waals surface area contributed by atoms with Gasteiger partial charge in [-0.1, -0.05) is 13.0 Å². The van der Waals surface area contributed by atoms with Gasteiger partial charge in [-0.05, 0) is 95.8 Å². The number of furan rings is 1. The van der Waals surface area contributed by atoms with Crippen LogP contribution in [-0.4, -0.2) is 36.5 Å². The molecule has 0 saturated heterocycles. The zero-order valence-corrected chi connectivity index (χ0v) is 23.4. The fourth-order valence-electron chi connectivity index (χ4n) is 6.40. The second kappa shape index (κ2) is 10.1. The number of benzene rings is 3. The molecule has 3 fully saturated rings. The minimum absolute atomic E-state index is 0.0348. The summed E-state index contributed by atoms with van der Waals surface area (Å²) in [6, 6.07) is 13.7. The Hall–Kier alpha value is -4.13. The summed E-state index contributed by atoms with van der Waals surface area (Å²) in [5.74, 6) is -0.447. The van der Waals surface area contributed by atoms with Crippen molar-refractivity contribution in [1.82, 2.24) is 4.90 Å². The number of amides is 1. The Labute approximate surface area is 237 Å². The van der Waals surface area contributed by atoms with Crippen molar-refractivity contribution >= 4 is 28.4 Å². The second-order valence-corrected chi connectivity index (χ2v) is 11.8. The third-order valence-corrected chi connectivity index (χ3v) is 8.74. The van der Waals surface area contributed by atoms with Crippen LogP contribution in [0.15, 0.2) is 59.0 Å². The number of nitrogens with zero attached hydrogens (tertiary/aromatic N) is 1. The highest BCUT2D eigenvalue weighted by molar-refractivity contribution is 6.13. The molecule has 210 valence electrons. The smallest absolute Gasteiger partial charge is 0.226 e. The fourth-order valence-corrected chi connectivity index (χ4v) is 6.40. The Balaban J connectivity index is 1.51. The fraction of sp³-hybridized carbons (Fsp3) is 0.324. The molecule has 3 aliphatic rings. The van der Waals surface area contributed by atoms with Gasteiger partial charge in [0.1, 0.15) is 23.0 Å². The maximum atomic E-state index is 15.0. The minimum Gasteiger partial charge on any atom is -0.455 e. The standard InChI is InChI=1S/C34H31F2NO4/c1-4-28(38)32-26-14-24(21-7-10-27(36)25(11-21)29(39)18-34-15-19(16-34)17-34)22(13-31(40)37(2)3)12-30(26)41-33(32)20-5-8-23(35)9-6-20/h5-12,14,19H,4,13,15-18H2,1-3H3. The Morgan fingerprint density at radius 3 is 2.22 bits per heavy atom. The van der Waals surface area contributed by atoms with Gasteiger partial charge in [0.25, 0.3) is 0 Å². The summed E-state index contributed by atoms with van der Waals surface area (Å²) in [5, 5.41) is 0.540. The molecule has 3 saturated carbocycles. The van der Waals surface area contributed by atoms with E-state index in [1.54, 1.807) is 57.4 Å². The van der Waals surface area contributed by atoms with E-state index in [-0.39, 0.29) is 41.3 Å². The first kappa shape index (κ1) is 27.1. The molecule has 0 radical (unpaired) electrons. The molecular weight excluding hydrogens is 524 g/mol. The highest BCUT2D eigenvalue weighted by atomic mass is 19.1. The van der Waals surface area contributed by atoms with E-state index in [9.17, 15) is 23.2 Å². The lowest BCUT2D eigenvalue weighted by Gasteiger charge is -2.62. The lowest BCUT2D eigenvalue weighted by atomic mass is 9.43. The van der Waals surface area contributed by atoms with E-state index in [4.69, 9.17) is 4.42 Å². The molecule has 3 aliphatic carbocycles. The van der Waals surface area contributed by atoms with E-state index in [0.29, 0.717) is 51.0 Å². The van der Waals surface area contributed by atoms with Crippen LogP contribution < -0.4 is 0 Å². The van der Waals surface area contributed by atoms with Crippen molar-refractivity contribution in [2.75, 3.05) is 14.1 Å². The van der Waals surface area contributed by atoms with Crippen LogP contribution >= 0.6 is 0 Å². The first-order chi connectivity index (χ1) is 19.6. The van der Waals surface area contributed by atoms with Crippen LogP contribution in [0, 0.1) is 23.0 Å². The van der Waals surface area contributed by atoms with E-state index < -0.39 is 11.6 Å². The van der Waals surface area contributed by atoms with Gasteiger partial charge in [-0.15, -0.1) is 0 Å². The van der Waals surface area contributed by atoms with Crippen LogP contribution in [0.5, 0.6) is 0 Å². The van der Waals surface area contributed by atoms with E-state index in [0.717, 1.165) is 25.2 Å². The second-order valence-electron chi connectivity index (χ2n) is 11.8. The quantitative estimate of drug-likeness (QED) is 0.199. The van der Waals surface area contributed by atoms with Crippen LogP contribution in [-0.2, 0) is 11.2 Å². The molecule has 5 nitrogen and oxygen atoms in total. The molecule has 41 heavy (non-hydrogen) atoms. The predicted molar refractivity (Wildman–Crippen MR) is 153 cm³/mol. The number of halogens is 2. The molecule has 7 rings (SSSR count). The van der Waals surface area contributed by atoms with Gasteiger partial charge in [0.05, 0.1) is 17.5 Å². The van der Waals surface area contributed by atoms with E-state index in [1.807, 2.05) is 0 Å². The molecule has 0 unspecified atom stereocenters. The SMILES string of the molecule is CCC(=O)c1c(-c2ccc(F)cc2)oc2cc(CC(=O)N(C)C)c(-c3ccc(F)c(C(=O)CC45CC(C4)C5)c3)cc12. The molecular formula is C34H31F2NO4. The molecule has 4 aromatic rings. The molecule has 1 heterocycles. The summed E-state index contributed by atoms with van der Waals surface area (Å²) in [4.78, 5) is 40.8. The zero-order chi connectivity index (χ0) is 29.1. The number of carbonyl (C=O) groups is 3. The van der Waals surface area contributed by atoms with Gasteiger partial charge < -0.3 is 9.32 Å². The molecule has 2 bridgehead atoms. The number of likely N-dealkylation sites (N-methyl/N-ethyl adjacent to an activating group) is 1. The van der Waals surface area contributed by atoms with Crippen molar-refractivity contribution in [1.29, 1.82) is 0 Å². The molecule has 0 spiro atoms. The molecule has 0 N–H and O–H groups in total. The average molecular weight is 556 g/mol. The third-order valence-electron chi connectivity index (χ3n) is 8.74. The van der Waals surface area contributed by atoms with Gasteiger partial charge in [-0.3, -0.25) is 14.4 Å². The minimum atomic E-state index is -0.568. The highest BCUT2D eigenvalue weighted by Crippen LogP contribution is 2.66. The molecule has 0 atom stereocenters. The Bertz CT molecular complexity index is 1700. The van der Waals surface area contributed by atoms with Crippen LogP contribution in [0.3, 0.4) is 0 Å². The van der Waals surface area contributed by atoms with Gasteiger partial charge in [-0.25, -0.2) is 8.78 Å². The van der Waals surface area contributed by atoms with Crippen LogP contribution in [0.4, 0.5) is 8.78 Å². The number of fused-ring (bicyclic) bond motifs is 1. The van der Waals surface area contributed by atoms with Crippen LogP contribution in [0.1, 0.15) is 65.3 Å². The highest BCUT2D eigenvalue weighted by Gasteiger charge is 2.57. The van der Waals surface area contributed by atoms with Gasteiger partial charge in [0.15, 0.2) is 11.6 Å². The summed E-state index contributed by atoms with van der Waals surface area (Å²) in [7, 11) is 3.33. The van der Waals surface area contributed by atoms with Gasteiger partial charge in [0.2, 0.25) is 5.91 Å². The number of hydrogen-bond donors (Lipinski definition) is 0. The van der Waals surface area contributed by atoms with Crippen molar-refractivity contribution in [3.05, 3.63) is 82.9 Å². The van der Waals surface area contributed by atoms with Crippen LogP contribution in [0.25, 0.3) is 33.4 Å². The van der Waals surface area contributed by atoms with E-state index >= 15 is 0 Å². The van der Waals surface area contributed by atoms with Crippen LogP contribution in [0.2, 0.25) is 0 Å². The van der Waals surface area contributed by atoms with E-state index in [2.05, 4.69) is 0 Å². The van der Waals surface area contributed by atoms with E-state index in [1.165, 1.54) is 23.1 Å². The number of ketones is 2. The van der Waals surface area contributed by atoms with Gasteiger partial charge >= 0.3 is 0 Å². The Kier molecular flexibility index (Phi) is 6.63. The normalized spacial score (nSPS) is 19.0. The zero-order valence-electron chi connectivity index (χ0n) is 23.4. The third kappa shape index (κ3) is 4.77. The summed E-state index contributed by atoms with van der Waals surface area (Å²) in [5.41, 5.74) is 3.22. The molecule has 1 aromatic heterocycles. The van der Waals surface area contributed by atoms with Gasteiger partial charge in [0, 0.05) is 37.9 Å². The Morgan fingerprint density at radius 1 is 0.927 bits per heavy atom. The molecule has 1 amide bonds. The lowest BCUT2D eigenvalue weighted by Crippen LogP contribution is -2.52. The molecule has 0 aliphatic heterocycles. The molecule has 7 heteroatoms. The lowest BCUT2D eigenvalue weighted by molar-refractivity contribution is -0.127. The average Bonchev–Trinajstić information content (AvgIpc) is 3.28. The summed E-state index contributed by atoms with van der Waals surface area (Å²) >= 11 is 0. The maximum absolute atomic E-state index is 15.0. The number of rotatable bonds is 9. The van der Waals surface area contributed by atoms with Crippen molar-refractivity contribution in [3.63, 3.8) is 0 Å². The first-order valence-corrected chi connectivity index (χ1v) is 14.0. The summed E-state index contributed by atoms with van der Waals surface area (Å²) in [6.07, 6.45) is 3.71. The summed E-state index contributed by atoms with van der Waals surface area (Å²) < 4.78 is 34.8. The topological polar surface area (TPSA) is 67.6 Å². The van der Waals surface area contributed by atoms with Crippen molar-refractivity contribution in [3.8, 4) is 22.5 Å². The Morgan fingerprint density at radius 2 is 1.61 bits per heavy atom. The van der Waals surface area contributed by atoms with Crippen molar-refractivity contribution < 1.29 is 27.6 Å². The number of Topliss-reactive ketones (excluding diaryl/α,β-unsaturated/α-hetero) is 2.